The van der Waals surface area contributed by atoms with Crippen LogP contribution >= 0.6 is 0 Å². The van der Waals surface area contributed by atoms with Crippen molar-refractivity contribution in [2.24, 2.45) is 17.6 Å². The van der Waals surface area contributed by atoms with E-state index in [1.165, 1.54) is 4.90 Å². The lowest BCUT2D eigenvalue weighted by molar-refractivity contribution is -0.137. The van der Waals surface area contributed by atoms with E-state index in [9.17, 15) is 14.4 Å². The molecule has 1 aliphatic carbocycles. The molecule has 8 nitrogen and oxygen atoms in total. The van der Waals surface area contributed by atoms with Crippen molar-refractivity contribution in [1.82, 2.24) is 15.1 Å². The van der Waals surface area contributed by atoms with Gasteiger partial charge in [0.15, 0.2) is 0 Å². The molecule has 170 valence electrons. The number of morpholine rings is 1. The number of nitrogens with zero attached hydrogens (tertiary/aromatic N) is 2. The number of ether oxygens (including phenoxy) is 1. The molecule has 0 radical (unpaired) electrons. The normalized spacial score (nSPS) is 21.5. The van der Waals surface area contributed by atoms with Gasteiger partial charge in [-0.25, -0.2) is 4.79 Å². The van der Waals surface area contributed by atoms with Crippen LogP contribution in [0.2, 0.25) is 0 Å². The third-order valence-electron chi connectivity index (χ3n) is 6.21. The lowest BCUT2D eigenvalue weighted by atomic mass is 9.94. The van der Waals surface area contributed by atoms with E-state index in [4.69, 9.17) is 10.5 Å². The zero-order valence-electron chi connectivity index (χ0n) is 18.1. The smallest absolute Gasteiger partial charge is 0.324 e. The third kappa shape index (κ3) is 6.77. The number of nitrogens with one attached hydrogen (secondary N) is 1. The Morgan fingerprint density at radius 3 is 2.52 bits per heavy atom. The molecule has 1 saturated carbocycles. The van der Waals surface area contributed by atoms with E-state index < -0.39 is 23.8 Å². The van der Waals surface area contributed by atoms with Crippen LogP contribution in [-0.2, 0) is 20.7 Å². The van der Waals surface area contributed by atoms with Gasteiger partial charge < -0.3 is 15.8 Å². The Bertz CT molecular complexity index is 736. The first kappa shape index (κ1) is 23.2. The van der Waals surface area contributed by atoms with Gasteiger partial charge in [-0.15, -0.1) is 0 Å². The Hall–Kier alpha value is -2.45. The predicted molar refractivity (Wildman–Crippen MR) is 117 cm³/mol. The summed E-state index contributed by atoms with van der Waals surface area (Å²) in [7, 11) is 0. The maximum Gasteiger partial charge on any atom is 0.324 e. The fourth-order valence-electron chi connectivity index (χ4n) is 4.41. The van der Waals surface area contributed by atoms with Crippen molar-refractivity contribution in [3.8, 4) is 0 Å². The van der Waals surface area contributed by atoms with Gasteiger partial charge in [0.2, 0.25) is 11.8 Å². The van der Waals surface area contributed by atoms with Gasteiger partial charge in [-0.05, 0) is 37.8 Å². The van der Waals surface area contributed by atoms with Crippen LogP contribution in [-0.4, -0.2) is 73.6 Å². The minimum absolute atomic E-state index is 0.278. The molecule has 1 aromatic rings. The summed E-state index contributed by atoms with van der Waals surface area (Å²) in [4.78, 5) is 41.6. The summed E-state index contributed by atoms with van der Waals surface area (Å²) in [5, 5.41) is 2.90. The summed E-state index contributed by atoms with van der Waals surface area (Å²) in [6.45, 7) is 4.97. The van der Waals surface area contributed by atoms with Crippen LogP contribution in [0.3, 0.4) is 0 Å². The quantitative estimate of drug-likeness (QED) is 0.576. The van der Waals surface area contributed by atoms with Crippen LogP contribution < -0.4 is 11.1 Å². The molecule has 8 heteroatoms. The van der Waals surface area contributed by atoms with E-state index in [-0.39, 0.29) is 12.5 Å². The van der Waals surface area contributed by atoms with E-state index in [1.807, 2.05) is 30.3 Å². The first-order valence-corrected chi connectivity index (χ1v) is 11.3. The monoisotopic (exact) mass is 430 g/mol. The first-order valence-electron chi connectivity index (χ1n) is 11.3. The Labute approximate surface area is 184 Å². The number of carbonyl (C=O) groups is 3. The van der Waals surface area contributed by atoms with E-state index in [1.54, 1.807) is 0 Å². The highest BCUT2D eigenvalue weighted by Crippen LogP contribution is 2.33. The zero-order valence-corrected chi connectivity index (χ0v) is 18.1. The summed E-state index contributed by atoms with van der Waals surface area (Å²) < 4.78 is 5.35. The van der Waals surface area contributed by atoms with Gasteiger partial charge in [-0.1, -0.05) is 36.8 Å². The molecule has 0 bridgehead atoms. The molecule has 1 aromatic carbocycles. The highest BCUT2D eigenvalue weighted by molar-refractivity contribution is 5.97. The van der Waals surface area contributed by atoms with E-state index in [0.29, 0.717) is 25.8 Å². The summed E-state index contributed by atoms with van der Waals surface area (Å²) in [6.07, 6.45) is 3.36. The van der Waals surface area contributed by atoms with Crippen molar-refractivity contribution in [2.75, 3.05) is 45.9 Å². The number of urea groups is 1. The maximum atomic E-state index is 13.2. The van der Waals surface area contributed by atoms with Crippen molar-refractivity contribution in [3.63, 3.8) is 0 Å². The minimum atomic E-state index is -0.507. The fourth-order valence-corrected chi connectivity index (χ4v) is 4.41. The molecule has 31 heavy (non-hydrogen) atoms. The van der Waals surface area contributed by atoms with Crippen LogP contribution in [0, 0.1) is 11.8 Å². The van der Waals surface area contributed by atoms with Crippen LogP contribution in [0.1, 0.15) is 31.2 Å². The number of amides is 4. The van der Waals surface area contributed by atoms with Crippen molar-refractivity contribution in [2.45, 2.75) is 32.1 Å². The van der Waals surface area contributed by atoms with Crippen molar-refractivity contribution < 1.29 is 19.1 Å². The number of hydrogen-bond acceptors (Lipinski definition) is 5. The highest BCUT2D eigenvalue weighted by Gasteiger charge is 2.40. The van der Waals surface area contributed by atoms with Crippen LogP contribution in [0.25, 0.3) is 0 Å². The molecular formula is C23H34N4O4. The molecule has 0 aromatic heterocycles. The Morgan fingerprint density at radius 2 is 1.81 bits per heavy atom. The van der Waals surface area contributed by atoms with Crippen molar-refractivity contribution in [1.29, 1.82) is 0 Å². The molecule has 3 rings (SSSR count). The SMILES string of the molecule is NC(=O)C1CCC[C@H]1C(=O)N(CCc1ccccc1)C(=O)NCCCN1CCOCC1. The average Bonchev–Trinajstić information content (AvgIpc) is 3.29. The number of rotatable bonds is 9. The van der Waals surface area contributed by atoms with Crippen molar-refractivity contribution in [3.05, 3.63) is 35.9 Å². The summed E-state index contributed by atoms with van der Waals surface area (Å²) in [6, 6.07) is 9.37. The van der Waals surface area contributed by atoms with Crippen LogP contribution in [0.15, 0.2) is 30.3 Å². The third-order valence-corrected chi connectivity index (χ3v) is 6.21. The van der Waals surface area contributed by atoms with Gasteiger partial charge in [0.1, 0.15) is 0 Å². The summed E-state index contributed by atoms with van der Waals surface area (Å²) >= 11 is 0. The molecule has 2 atom stereocenters. The number of nitrogens with two attached hydrogens (primary N) is 1. The summed E-state index contributed by atoms with van der Waals surface area (Å²) in [5.74, 6) is -1.74. The van der Waals surface area contributed by atoms with Gasteiger partial charge in [-0.3, -0.25) is 19.4 Å². The second-order valence-corrected chi connectivity index (χ2v) is 8.31. The number of benzene rings is 1. The average molecular weight is 431 g/mol. The van der Waals surface area contributed by atoms with Gasteiger partial charge in [0.05, 0.1) is 19.1 Å². The molecule has 1 unspecified atom stereocenters. The summed E-state index contributed by atoms with van der Waals surface area (Å²) in [5.41, 5.74) is 6.57. The molecule has 1 saturated heterocycles. The van der Waals surface area contributed by atoms with Gasteiger partial charge >= 0.3 is 6.03 Å². The van der Waals surface area contributed by atoms with E-state index >= 15 is 0 Å². The molecule has 4 amide bonds. The molecule has 3 N–H and O–H groups in total. The lowest BCUT2D eigenvalue weighted by Crippen LogP contribution is -2.49. The van der Waals surface area contributed by atoms with E-state index in [2.05, 4.69) is 10.2 Å². The van der Waals surface area contributed by atoms with Crippen LogP contribution in [0.5, 0.6) is 0 Å². The maximum absolute atomic E-state index is 13.2. The first-order chi connectivity index (χ1) is 15.1. The number of imide groups is 1. The molecule has 2 fully saturated rings. The van der Waals surface area contributed by atoms with E-state index in [0.717, 1.165) is 51.3 Å². The largest absolute Gasteiger partial charge is 0.379 e. The van der Waals surface area contributed by atoms with Gasteiger partial charge in [0, 0.05) is 32.1 Å². The fraction of sp³-hybridized carbons (Fsp3) is 0.609. The minimum Gasteiger partial charge on any atom is -0.379 e. The molecular weight excluding hydrogens is 396 g/mol. The molecule has 1 heterocycles. The zero-order chi connectivity index (χ0) is 22.1. The standard InChI is InChI=1S/C23H34N4O4/c24-21(28)19-8-4-9-20(19)22(29)27(13-10-18-6-2-1-3-7-18)23(30)25-11-5-12-26-14-16-31-17-15-26/h1-3,6-7,19-20H,4-5,8-17H2,(H2,24,28)(H,25,30)/t19?,20-/m1/s1. The molecule has 0 spiro atoms. The van der Waals surface area contributed by atoms with Gasteiger partial charge in [-0.2, -0.15) is 0 Å². The Balaban J connectivity index is 1.57. The predicted octanol–water partition coefficient (Wildman–Crippen LogP) is 1.39. The number of hydrogen-bond donors (Lipinski definition) is 2. The van der Waals surface area contributed by atoms with Crippen LogP contribution in [0.4, 0.5) is 4.79 Å². The van der Waals surface area contributed by atoms with Crippen molar-refractivity contribution >= 4 is 17.8 Å². The number of primary amides is 1. The molecule has 2 aliphatic rings. The second-order valence-electron chi connectivity index (χ2n) is 8.31. The second kappa shape index (κ2) is 11.8. The Kier molecular flexibility index (Phi) is 8.85. The van der Waals surface area contributed by atoms with Gasteiger partial charge in [0.25, 0.3) is 0 Å². The highest BCUT2D eigenvalue weighted by atomic mass is 16.5. The topological polar surface area (TPSA) is 105 Å². The lowest BCUT2D eigenvalue weighted by Gasteiger charge is -2.28. The number of carbonyl (C=O) groups excluding carboxylic acids is 3. The Morgan fingerprint density at radius 1 is 1.10 bits per heavy atom. The molecule has 1 aliphatic heterocycles.